The van der Waals surface area contributed by atoms with E-state index in [1.54, 1.807) is 0 Å². The smallest absolute Gasteiger partial charge is 0.253 e. The maximum atomic E-state index is 12.9. The van der Waals surface area contributed by atoms with Crippen molar-refractivity contribution in [2.75, 3.05) is 13.1 Å². The molecular weight excluding hydrogens is 384 g/mol. The lowest BCUT2D eigenvalue weighted by atomic mass is 9.78. The molecule has 1 aliphatic heterocycles. The number of amides is 1. The lowest BCUT2D eigenvalue weighted by Crippen LogP contribution is -2.43. The molecule has 1 heterocycles. The van der Waals surface area contributed by atoms with Gasteiger partial charge in [-0.3, -0.25) is 4.79 Å². The van der Waals surface area contributed by atoms with Gasteiger partial charge in [0.2, 0.25) is 10.0 Å². The molecule has 1 saturated heterocycles. The summed E-state index contributed by atoms with van der Waals surface area (Å²) in [6, 6.07) is 4.53. The first-order valence-electron chi connectivity index (χ1n) is 9.91. The minimum atomic E-state index is -3.59. The third-order valence-electron chi connectivity index (χ3n) is 6.16. The van der Waals surface area contributed by atoms with Crippen LogP contribution < -0.4 is 5.32 Å². The Labute approximate surface area is 167 Å². The first-order valence-corrected chi connectivity index (χ1v) is 11.7. The second-order valence-electron chi connectivity index (χ2n) is 7.95. The maximum absolute atomic E-state index is 12.9. The Bertz CT molecular complexity index is 790. The molecule has 150 valence electrons. The molecule has 0 aromatic heterocycles. The van der Waals surface area contributed by atoms with Gasteiger partial charge in [0.25, 0.3) is 5.91 Å². The average molecular weight is 413 g/mol. The Morgan fingerprint density at radius 2 is 1.81 bits per heavy atom. The van der Waals surface area contributed by atoms with Crippen LogP contribution in [0, 0.1) is 11.8 Å². The van der Waals surface area contributed by atoms with Crippen LogP contribution in [-0.4, -0.2) is 37.8 Å². The van der Waals surface area contributed by atoms with Crippen LogP contribution >= 0.6 is 11.6 Å². The fourth-order valence-corrected chi connectivity index (χ4v) is 5.87. The van der Waals surface area contributed by atoms with Gasteiger partial charge in [0, 0.05) is 19.1 Å². The van der Waals surface area contributed by atoms with Crippen molar-refractivity contribution in [1.82, 2.24) is 9.62 Å². The normalized spacial score (nSPS) is 27.3. The molecule has 3 atom stereocenters. The summed E-state index contributed by atoms with van der Waals surface area (Å²) in [5, 5.41) is 3.36. The number of rotatable bonds is 4. The van der Waals surface area contributed by atoms with Crippen LogP contribution in [0.25, 0.3) is 0 Å². The van der Waals surface area contributed by atoms with E-state index < -0.39 is 10.0 Å². The summed E-state index contributed by atoms with van der Waals surface area (Å²) in [5.41, 5.74) is 0.236. The molecule has 0 radical (unpaired) electrons. The van der Waals surface area contributed by atoms with E-state index in [-0.39, 0.29) is 27.4 Å². The SMILES string of the molecule is C[C@@H]1[C@H](C)CCC[C@H]1NC(=O)c1cc(S(=O)(=O)N2CCCCC2)ccc1Cl. The number of carbonyl (C=O) groups excluding carboxylic acids is 1. The van der Waals surface area contributed by atoms with E-state index in [4.69, 9.17) is 11.6 Å². The Morgan fingerprint density at radius 3 is 2.52 bits per heavy atom. The van der Waals surface area contributed by atoms with E-state index in [2.05, 4.69) is 19.2 Å². The van der Waals surface area contributed by atoms with Crippen molar-refractivity contribution in [3.63, 3.8) is 0 Å². The third-order valence-corrected chi connectivity index (χ3v) is 8.38. The fourth-order valence-electron chi connectivity index (χ4n) is 4.13. The average Bonchev–Trinajstić information content (AvgIpc) is 2.66. The van der Waals surface area contributed by atoms with Crippen molar-refractivity contribution < 1.29 is 13.2 Å². The van der Waals surface area contributed by atoms with Crippen LogP contribution in [0.3, 0.4) is 0 Å². The van der Waals surface area contributed by atoms with Crippen molar-refractivity contribution in [2.45, 2.75) is 63.3 Å². The van der Waals surface area contributed by atoms with Crippen LogP contribution in [0.5, 0.6) is 0 Å². The van der Waals surface area contributed by atoms with Gasteiger partial charge in [-0.25, -0.2) is 8.42 Å². The zero-order valence-corrected chi connectivity index (χ0v) is 17.7. The molecule has 27 heavy (non-hydrogen) atoms. The number of carbonyl (C=O) groups is 1. The van der Waals surface area contributed by atoms with Crippen molar-refractivity contribution in [3.8, 4) is 0 Å². The topological polar surface area (TPSA) is 66.5 Å². The molecule has 1 aromatic carbocycles. The van der Waals surface area contributed by atoms with Gasteiger partial charge >= 0.3 is 0 Å². The highest BCUT2D eigenvalue weighted by Crippen LogP contribution is 2.30. The van der Waals surface area contributed by atoms with Crippen LogP contribution in [0.15, 0.2) is 23.1 Å². The van der Waals surface area contributed by atoms with E-state index in [9.17, 15) is 13.2 Å². The summed E-state index contributed by atoms with van der Waals surface area (Å²) < 4.78 is 27.3. The molecule has 1 aliphatic carbocycles. The minimum Gasteiger partial charge on any atom is -0.349 e. The molecule has 0 bridgehead atoms. The van der Waals surface area contributed by atoms with Crippen molar-refractivity contribution >= 4 is 27.5 Å². The Hall–Kier alpha value is -1.11. The van der Waals surface area contributed by atoms with Crippen molar-refractivity contribution in [3.05, 3.63) is 28.8 Å². The Kier molecular flexibility index (Phi) is 6.49. The van der Waals surface area contributed by atoms with Crippen LogP contribution in [0.2, 0.25) is 5.02 Å². The Morgan fingerprint density at radius 1 is 1.11 bits per heavy atom. The van der Waals surface area contributed by atoms with Gasteiger partial charge in [-0.1, -0.05) is 44.7 Å². The molecule has 1 amide bonds. The van der Waals surface area contributed by atoms with Gasteiger partial charge in [-0.15, -0.1) is 0 Å². The van der Waals surface area contributed by atoms with E-state index in [0.29, 0.717) is 24.9 Å². The summed E-state index contributed by atoms with van der Waals surface area (Å²) in [7, 11) is -3.59. The quantitative estimate of drug-likeness (QED) is 0.810. The van der Waals surface area contributed by atoms with E-state index in [0.717, 1.165) is 32.1 Å². The maximum Gasteiger partial charge on any atom is 0.253 e. The third kappa shape index (κ3) is 4.49. The van der Waals surface area contributed by atoms with Crippen LogP contribution in [-0.2, 0) is 10.0 Å². The zero-order valence-electron chi connectivity index (χ0n) is 16.1. The predicted octanol–water partition coefficient (Wildman–Crippen LogP) is 4.07. The minimum absolute atomic E-state index is 0.0969. The summed E-state index contributed by atoms with van der Waals surface area (Å²) >= 11 is 6.24. The standard InChI is InChI=1S/C20H29ClN2O3S/c1-14-7-6-8-19(15(14)2)22-20(24)17-13-16(9-10-18(17)21)27(25,26)23-11-4-3-5-12-23/h9-10,13-15,19H,3-8,11-12H2,1-2H3,(H,22,24)/t14-,15-,19-/m1/s1. The number of hydrogen-bond acceptors (Lipinski definition) is 3. The van der Waals surface area contributed by atoms with E-state index in [1.807, 2.05) is 0 Å². The van der Waals surface area contributed by atoms with Gasteiger partial charge < -0.3 is 5.32 Å². The monoisotopic (exact) mass is 412 g/mol. The molecule has 1 N–H and O–H groups in total. The molecule has 0 spiro atoms. The van der Waals surface area contributed by atoms with E-state index in [1.165, 1.54) is 28.9 Å². The van der Waals surface area contributed by atoms with Gasteiger partial charge in [0.05, 0.1) is 15.5 Å². The predicted molar refractivity (Wildman–Crippen MR) is 107 cm³/mol. The number of piperidine rings is 1. The summed E-state index contributed by atoms with van der Waals surface area (Å²) in [5.74, 6) is 0.661. The number of sulfonamides is 1. The highest BCUT2D eigenvalue weighted by molar-refractivity contribution is 7.89. The lowest BCUT2D eigenvalue weighted by Gasteiger charge is -2.34. The largest absolute Gasteiger partial charge is 0.349 e. The van der Waals surface area contributed by atoms with Crippen molar-refractivity contribution in [2.24, 2.45) is 11.8 Å². The zero-order chi connectivity index (χ0) is 19.6. The van der Waals surface area contributed by atoms with Crippen LogP contribution in [0.1, 0.15) is 62.7 Å². The molecule has 0 unspecified atom stereocenters. The number of benzene rings is 1. The van der Waals surface area contributed by atoms with Gasteiger partial charge in [0.1, 0.15) is 0 Å². The molecular formula is C20H29ClN2O3S. The van der Waals surface area contributed by atoms with Crippen LogP contribution in [0.4, 0.5) is 0 Å². The van der Waals surface area contributed by atoms with Gasteiger partial charge in [-0.05, 0) is 49.3 Å². The lowest BCUT2D eigenvalue weighted by molar-refractivity contribution is 0.0891. The Balaban J connectivity index is 1.81. The molecule has 5 nitrogen and oxygen atoms in total. The second-order valence-corrected chi connectivity index (χ2v) is 10.3. The number of hydrogen-bond donors (Lipinski definition) is 1. The summed E-state index contributed by atoms with van der Waals surface area (Å²) in [4.78, 5) is 13.0. The van der Waals surface area contributed by atoms with E-state index >= 15 is 0 Å². The highest BCUT2D eigenvalue weighted by atomic mass is 35.5. The highest BCUT2D eigenvalue weighted by Gasteiger charge is 2.30. The fraction of sp³-hybridized carbons (Fsp3) is 0.650. The van der Waals surface area contributed by atoms with Crippen molar-refractivity contribution in [1.29, 1.82) is 0 Å². The molecule has 2 aliphatic rings. The summed E-state index contributed by atoms with van der Waals surface area (Å²) in [6.07, 6.45) is 6.01. The second kappa shape index (κ2) is 8.50. The summed E-state index contributed by atoms with van der Waals surface area (Å²) in [6.45, 7) is 5.43. The van der Waals surface area contributed by atoms with Gasteiger partial charge in [-0.2, -0.15) is 4.31 Å². The first-order chi connectivity index (χ1) is 12.8. The molecule has 7 heteroatoms. The number of nitrogens with one attached hydrogen (secondary N) is 1. The number of halogens is 1. The molecule has 3 rings (SSSR count). The number of nitrogens with zero attached hydrogens (tertiary/aromatic N) is 1. The molecule has 2 fully saturated rings. The first kappa shape index (κ1) is 20.6. The molecule has 1 saturated carbocycles. The molecule has 1 aromatic rings. The van der Waals surface area contributed by atoms with Gasteiger partial charge in [0.15, 0.2) is 0 Å².